The first kappa shape index (κ1) is 32.8. The summed E-state index contributed by atoms with van der Waals surface area (Å²) in [7, 11) is 0. The molecule has 12 nitrogen and oxygen atoms in total. The van der Waals surface area contributed by atoms with E-state index in [0.29, 0.717) is 25.2 Å². The van der Waals surface area contributed by atoms with Gasteiger partial charge in [0.05, 0.1) is 0 Å². The van der Waals surface area contributed by atoms with Crippen molar-refractivity contribution in [2.24, 2.45) is 17.6 Å². The molecule has 2 saturated heterocycles. The molecule has 2 aliphatic rings. The first-order chi connectivity index (χ1) is 18.8. The number of carboxylic acids is 1. The number of hydrogen-bond acceptors (Lipinski definition) is 6. The molecule has 0 aliphatic carbocycles. The number of hydrogen-bond donors (Lipinski definition) is 7. The Bertz CT molecular complexity index is 998. The monoisotopic (exact) mass is 579 g/mol. The van der Waals surface area contributed by atoms with Gasteiger partial charge in [-0.3, -0.25) is 15.0 Å². The molecular weight excluding hydrogens is 538 g/mol. The molecule has 13 heteroatoms. The molecule has 8 N–H and O–H groups in total. The number of carbonyl (C=O) groups excluding carboxylic acids is 3. The van der Waals surface area contributed by atoms with Gasteiger partial charge >= 0.3 is 12.0 Å². The number of carboxylic acid groups (broad SMARTS) is 1. The third-order valence-corrected chi connectivity index (χ3v) is 7.27. The Morgan fingerprint density at radius 2 is 1.73 bits per heavy atom. The zero-order valence-electron chi connectivity index (χ0n) is 22.7. The lowest BCUT2D eigenvalue weighted by molar-refractivity contribution is -0.139. The van der Waals surface area contributed by atoms with E-state index < -0.39 is 47.7 Å². The maximum Gasteiger partial charge on any atom is 0.326 e. The first-order valence-corrected chi connectivity index (χ1v) is 13.7. The zero-order chi connectivity index (χ0) is 28.2. The number of urea groups is 1. The minimum absolute atomic E-state index is 0. The standard InChI is InChI=1S/C27H41N7O5.ClH/c28-23(29)21(24(35)31-17-19-11-8-12-30-16-19)22(25(36)34-13-6-1-2-7-14-34)33-27(39)32-20(26(37)38)15-18-9-4-3-5-10-18;/h3-5,9-10,19-22,30H,1-2,6-8,11-17H2,(H3,28,29)(H,31,35)(H,37,38)(H2,32,33,39);1H/t19?,20-,21?,22+;/m1./s1. The third kappa shape index (κ3) is 9.98. The highest BCUT2D eigenvalue weighted by Crippen LogP contribution is 2.16. The van der Waals surface area contributed by atoms with Gasteiger partial charge in [0.15, 0.2) is 0 Å². The summed E-state index contributed by atoms with van der Waals surface area (Å²) >= 11 is 0. The molecule has 0 radical (unpaired) electrons. The Labute approximate surface area is 241 Å². The lowest BCUT2D eigenvalue weighted by Crippen LogP contribution is -2.61. The molecule has 3 rings (SSSR count). The summed E-state index contributed by atoms with van der Waals surface area (Å²) in [6.45, 7) is 2.95. The number of halogens is 1. The zero-order valence-corrected chi connectivity index (χ0v) is 23.5. The molecule has 0 saturated carbocycles. The summed E-state index contributed by atoms with van der Waals surface area (Å²) in [6, 6.07) is 5.17. The highest BCUT2D eigenvalue weighted by Gasteiger charge is 2.40. The summed E-state index contributed by atoms with van der Waals surface area (Å²) < 4.78 is 0. The van der Waals surface area contributed by atoms with Crippen molar-refractivity contribution in [1.82, 2.24) is 26.2 Å². The minimum Gasteiger partial charge on any atom is -0.480 e. The van der Waals surface area contributed by atoms with Crippen molar-refractivity contribution in [2.45, 2.75) is 57.0 Å². The van der Waals surface area contributed by atoms with Crippen molar-refractivity contribution in [2.75, 3.05) is 32.7 Å². The average Bonchev–Trinajstić information content (AvgIpc) is 3.21. The minimum atomic E-state index is -1.46. The number of amidine groups is 1. The van der Waals surface area contributed by atoms with E-state index >= 15 is 0 Å². The predicted molar refractivity (Wildman–Crippen MR) is 153 cm³/mol. The summed E-state index contributed by atoms with van der Waals surface area (Å²) in [4.78, 5) is 53.5. The van der Waals surface area contributed by atoms with Crippen LogP contribution < -0.4 is 27.0 Å². The molecular formula is C27H42ClN7O5. The number of likely N-dealkylation sites (tertiary alicyclic amines) is 1. The highest BCUT2D eigenvalue weighted by molar-refractivity contribution is 6.07. The average molecular weight is 580 g/mol. The number of piperidine rings is 1. The van der Waals surface area contributed by atoms with Crippen LogP contribution in [0.1, 0.15) is 44.1 Å². The number of nitrogens with one attached hydrogen (secondary N) is 5. The van der Waals surface area contributed by atoms with Crippen LogP contribution in [-0.4, -0.2) is 84.5 Å². The summed E-state index contributed by atoms with van der Waals surface area (Å²) in [6.07, 6.45) is 5.46. The molecule has 222 valence electrons. The number of nitrogens with two attached hydrogens (primary N) is 1. The number of benzene rings is 1. The molecule has 2 fully saturated rings. The lowest BCUT2D eigenvalue weighted by atomic mass is 9.94. The van der Waals surface area contributed by atoms with E-state index in [0.717, 1.165) is 51.6 Å². The fourth-order valence-corrected chi connectivity index (χ4v) is 5.09. The van der Waals surface area contributed by atoms with Gasteiger partial charge in [-0.05, 0) is 50.3 Å². The van der Waals surface area contributed by atoms with Gasteiger partial charge in [-0.25, -0.2) is 9.59 Å². The van der Waals surface area contributed by atoms with Crippen LogP contribution in [0.4, 0.5) is 4.79 Å². The van der Waals surface area contributed by atoms with Gasteiger partial charge in [-0.15, -0.1) is 12.4 Å². The molecule has 4 atom stereocenters. The molecule has 1 aromatic carbocycles. The molecule has 40 heavy (non-hydrogen) atoms. The molecule has 4 amide bonds. The largest absolute Gasteiger partial charge is 0.480 e. The highest BCUT2D eigenvalue weighted by atomic mass is 35.5. The smallest absolute Gasteiger partial charge is 0.326 e. The van der Waals surface area contributed by atoms with Gasteiger partial charge in [-0.2, -0.15) is 0 Å². The Morgan fingerprint density at radius 3 is 2.30 bits per heavy atom. The van der Waals surface area contributed by atoms with Crippen LogP contribution in [0, 0.1) is 17.2 Å². The molecule has 0 bridgehead atoms. The van der Waals surface area contributed by atoms with Gasteiger partial charge in [0.2, 0.25) is 11.8 Å². The van der Waals surface area contributed by atoms with Crippen LogP contribution in [0.25, 0.3) is 0 Å². The first-order valence-electron chi connectivity index (χ1n) is 13.7. The number of rotatable bonds is 11. The quantitative estimate of drug-likeness (QED) is 0.149. The number of aliphatic carboxylic acids is 1. The van der Waals surface area contributed by atoms with Crippen molar-refractivity contribution in [3.05, 3.63) is 35.9 Å². The topological polar surface area (TPSA) is 190 Å². The Morgan fingerprint density at radius 1 is 1.05 bits per heavy atom. The third-order valence-electron chi connectivity index (χ3n) is 7.27. The van der Waals surface area contributed by atoms with Gasteiger partial charge in [-0.1, -0.05) is 43.2 Å². The Hall–Kier alpha value is -3.38. The normalized spacial score (nSPS) is 19.5. The van der Waals surface area contributed by atoms with E-state index in [1.54, 1.807) is 35.2 Å². The van der Waals surface area contributed by atoms with Crippen LogP contribution in [0.3, 0.4) is 0 Å². The van der Waals surface area contributed by atoms with E-state index in [-0.39, 0.29) is 24.7 Å². The fraction of sp³-hybridized carbons (Fsp3) is 0.593. The molecule has 2 unspecified atom stereocenters. The van der Waals surface area contributed by atoms with Gasteiger partial charge in [0, 0.05) is 26.1 Å². The van der Waals surface area contributed by atoms with Gasteiger partial charge < -0.3 is 37.0 Å². The van der Waals surface area contributed by atoms with E-state index in [4.69, 9.17) is 11.1 Å². The van der Waals surface area contributed by atoms with E-state index in [9.17, 15) is 24.3 Å². The van der Waals surface area contributed by atoms with Gasteiger partial charge in [0.25, 0.3) is 0 Å². The second-order valence-electron chi connectivity index (χ2n) is 10.3. The van der Waals surface area contributed by atoms with E-state index in [1.807, 2.05) is 0 Å². The molecule has 2 heterocycles. The lowest BCUT2D eigenvalue weighted by Gasteiger charge is -2.32. The summed E-state index contributed by atoms with van der Waals surface area (Å²) in [5.74, 6) is -4.17. The molecule has 0 aromatic heterocycles. The van der Waals surface area contributed by atoms with Crippen molar-refractivity contribution in [3.8, 4) is 0 Å². The Balaban J connectivity index is 0.00000560. The number of nitrogens with zero attached hydrogens (tertiary/aromatic N) is 1. The second-order valence-corrected chi connectivity index (χ2v) is 10.3. The van der Waals surface area contributed by atoms with Crippen molar-refractivity contribution in [1.29, 1.82) is 5.41 Å². The van der Waals surface area contributed by atoms with Crippen molar-refractivity contribution >= 4 is 42.1 Å². The van der Waals surface area contributed by atoms with E-state index in [1.165, 1.54) is 0 Å². The molecule has 0 spiro atoms. The van der Waals surface area contributed by atoms with Crippen LogP contribution in [0.5, 0.6) is 0 Å². The second kappa shape index (κ2) is 16.7. The van der Waals surface area contributed by atoms with Crippen LogP contribution in [0.15, 0.2) is 30.3 Å². The summed E-state index contributed by atoms with van der Waals surface area (Å²) in [5.41, 5.74) is 6.56. The van der Waals surface area contributed by atoms with E-state index in [2.05, 4.69) is 21.3 Å². The fourth-order valence-electron chi connectivity index (χ4n) is 5.09. The van der Waals surface area contributed by atoms with Crippen LogP contribution >= 0.6 is 12.4 Å². The number of amides is 4. The molecule has 1 aromatic rings. The molecule has 2 aliphatic heterocycles. The van der Waals surface area contributed by atoms with Crippen molar-refractivity contribution in [3.63, 3.8) is 0 Å². The van der Waals surface area contributed by atoms with Gasteiger partial charge in [0.1, 0.15) is 23.8 Å². The SMILES string of the molecule is Cl.N=C(N)C(C(=O)NCC1CCCNC1)[C@H](NC(=O)N[C@H](Cc1ccccc1)C(=O)O)C(=O)N1CCCCCC1. The maximum absolute atomic E-state index is 13.7. The predicted octanol–water partition coefficient (Wildman–Crippen LogP) is 0.842. The number of carbonyl (C=O) groups is 4. The Kier molecular flexibility index (Phi) is 13.7. The van der Waals surface area contributed by atoms with Crippen LogP contribution in [-0.2, 0) is 20.8 Å². The summed E-state index contributed by atoms with van der Waals surface area (Å²) in [5, 5.41) is 28.9. The van der Waals surface area contributed by atoms with Crippen LogP contribution in [0.2, 0.25) is 0 Å². The maximum atomic E-state index is 13.7. The van der Waals surface area contributed by atoms with Crippen molar-refractivity contribution < 1.29 is 24.3 Å².